The third-order valence-electron chi connectivity index (χ3n) is 4.38. The summed E-state index contributed by atoms with van der Waals surface area (Å²) < 4.78 is 3.36. The molecule has 0 aliphatic carbocycles. The number of hydrogen-bond acceptors (Lipinski definition) is 3. The molecular weight excluding hydrogens is 314 g/mol. The van der Waals surface area contributed by atoms with E-state index in [0.29, 0.717) is 12.0 Å². The van der Waals surface area contributed by atoms with E-state index in [0.717, 1.165) is 17.5 Å². The molecule has 122 valence electrons. The molecule has 0 radical (unpaired) electrons. The Morgan fingerprint density at radius 3 is 2.67 bits per heavy atom. The van der Waals surface area contributed by atoms with E-state index in [1.807, 2.05) is 6.07 Å². The van der Waals surface area contributed by atoms with Crippen LogP contribution in [0.15, 0.2) is 48.7 Å². The molecule has 0 aliphatic rings. The fourth-order valence-electron chi connectivity index (χ4n) is 3.01. The topological polar surface area (TPSA) is 30.7 Å². The fraction of sp³-hybridized carbons (Fsp3) is 0.300. The van der Waals surface area contributed by atoms with E-state index in [4.69, 9.17) is 10.1 Å². The summed E-state index contributed by atoms with van der Waals surface area (Å²) in [5, 5.41) is 7.11. The lowest BCUT2D eigenvalue weighted by molar-refractivity contribution is 0.493. The Hall–Kier alpha value is -2.20. The molecule has 0 bridgehead atoms. The summed E-state index contributed by atoms with van der Waals surface area (Å²) in [7, 11) is 0. The van der Waals surface area contributed by atoms with Crippen LogP contribution in [0.5, 0.6) is 0 Å². The number of thiazole rings is 1. The van der Waals surface area contributed by atoms with Crippen molar-refractivity contribution in [1.29, 1.82) is 0 Å². The van der Waals surface area contributed by atoms with Gasteiger partial charge in [0.25, 0.3) is 0 Å². The van der Waals surface area contributed by atoms with Crippen LogP contribution in [-0.4, -0.2) is 14.8 Å². The van der Waals surface area contributed by atoms with Crippen molar-refractivity contribution in [1.82, 2.24) is 14.8 Å². The first-order chi connectivity index (χ1) is 11.6. The highest BCUT2D eigenvalue weighted by atomic mass is 32.1. The highest BCUT2D eigenvalue weighted by Gasteiger charge is 2.11. The Kier molecular flexibility index (Phi) is 3.85. The van der Waals surface area contributed by atoms with Crippen LogP contribution in [0.1, 0.15) is 43.3 Å². The van der Waals surface area contributed by atoms with Crippen molar-refractivity contribution in [2.24, 2.45) is 0 Å². The molecule has 0 saturated heterocycles. The first-order valence-corrected chi connectivity index (χ1v) is 9.25. The molecule has 1 atom stereocenters. The van der Waals surface area contributed by atoms with Gasteiger partial charge in [-0.15, -0.1) is 11.3 Å². The third kappa shape index (κ3) is 2.82. The van der Waals surface area contributed by atoms with E-state index in [9.17, 15) is 0 Å². The van der Waals surface area contributed by atoms with Crippen molar-refractivity contribution in [3.63, 3.8) is 0 Å². The second-order valence-corrected chi connectivity index (χ2v) is 7.79. The van der Waals surface area contributed by atoms with Crippen LogP contribution in [0, 0.1) is 0 Å². The van der Waals surface area contributed by atoms with Gasteiger partial charge in [0.05, 0.1) is 26.8 Å². The van der Waals surface area contributed by atoms with Crippen LogP contribution < -0.4 is 0 Å². The highest BCUT2D eigenvalue weighted by molar-refractivity contribution is 7.18. The maximum Gasteiger partial charge on any atom is 0.0963 e. The zero-order valence-electron chi connectivity index (χ0n) is 14.2. The number of nitrogens with zero attached hydrogens (tertiary/aromatic N) is 3. The SMILES string of the molecule is CC(C)c1nc2cc(CC(C)n3cc4ccccc4n3)ccc2s1. The van der Waals surface area contributed by atoms with Crippen LogP contribution >= 0.6 is 11.3 Å². The first kappa shape index (κ1) is 15.3. The Morgan fingerprint density at radius 2 is 1.88 bits per heavy atom. The minimum atomic E-state index is 0.318. The predicted octanol–water partition coefficient (Wildman–Crippen LogP) is 5.57. The average molecular weight is 335 g/mol. The second-order valence-electron chi connectivity index (χ2n) is 6.73. The van der Waals surface area contributed by atoms with E-state index in [-0.39, 0.29) is 0 Å². The Labute approximate surface area is 146 Å². The molecule has 3 nitrogen and oxygen atoms in total. The van der Waals surface area contributed by atoms with Crippen LogP contribution in [0.3, 0.4) is 0 Å². The standard InChI is InChI=1S/C20H21N3S/c1-13(2)20-21-18-11-15(8-9-19(18)24-20)10-14(3)23-12-16-6-4-5-7-17(16)22-23/h4-9,11-14H,10H2,1-3H3. The van der Waals surface area contributed by atoms with E-state index in [2.05, 4.69) is 68.0 Å². The number of benzene rings is 2. The summed E-state index contributed by atoms with van der Waals surface area (Å²) in [6.07, 6.45) is 3.09. The Morgan fingerprint density at radius 1 is 1.04 bits per heavy atom. The zero-order chi connectivity index (χ0) is 16.7. The lowest BCUT2D eigenvalue weighted by atomic mass is 10.1. The van der Waals surface area contributed by atoms with Gasteiger partial charge >= 0.3 is 0 Å². The average Bonchev–Trinajstić information content (AvgIpc) is 3.18. The van der Waals surface area contributed by atoms with Gasteiger partial charge in [-0.05, 0) is 37.1 Å². The predicted molar refractivity (Wildman–Crippen MR) is 102 cm³/mol. The molecule has 0 N–H and O–H groups in total. The van der Waals surface area contributed by atoms with Crippen LogP contribution in [0.4, 0.5) is 0 Å². The largest absolute Gasteiger partial charge is 0.268 e. The molecule has 4 heteroatoms. The fourth-order valence-corrected chi connectivity index (χ4v) is 3.96. The van der Waals surface area contributed by atoms with Crippen molar-refractivity contribution in [3.8, 4) is 0 Å². The van der Waals surface area contributed by atoms with Crippen LogP contribution in [-0.2, 0) is 6.42 Å². The van der Waals surface area contributed by atoms with Gasteiger partial charge < -0.3 is 0 Å². The number of rotatable bonds is 4. The minimum Gasteiger partial charge on any atom is -0.268 e. The van der Waals surface area contributed by atoms with E-state index in [1.54, 1.807) is 11.3 Å². The quantitative estimate of drug-likeness (QED) is 0.488. The molecule has 0 aliphatic heterocycles. The number of aromatic nitrogens is 3. The molecule has 0 saturated carbocycles. The molecule has 1 unspecified atom stereocenters. The van der Waals surface area contributed by atoms with Gasteiger partial charge in [0, 0.05) is 17.5 Å². The zero-order valence-corrected chi connectivity index (χ0v) is 15.0. The monoisotopic (exact) mass is 335 g/mol. The maximum absolute atomic E-state index is 4.78. The maximum atomic E-state index is 4.78. The highest BCUT2D eigenvalue weighted by Crippen LogP contribution is 2.28. The van der Waals surface area contributed by atoms with E-state index >= 15 is 0 Å². The molecule has 4 rings (SSSR count). The summed E-state index contributed by atoms with van der Waals surface area (Å²) >= 11 is 1.80. The smallest absolute Gasteiger partial charge is 0.0963 e. The third-order valence-corrected chi connectivity index (χ3v) is 5.71. The Bertz CT molecular complexity index is 963. The van der Waals surface area contributed by atoms with Gasteiger partial charge in [-0.3, -0.25) is 4.68 Å². The summed E-state index contributed by atoms with van der Waals surface area (Å²) in [6.45, 7) is 6.61. The molecule has 0 amide bonds. The van der Waals surface area contributed by atoms with Crippen molar-refractivity contribution >= 4 is 32.5 Å². The molecule has 2 heterocycles. The lowest BCUT2D eigenvalue weighted by Crippen LogP contribution is -2.08. The van der Waals surface area contributed by atoms with Gasteiger partial charge in [0.1, 0.15) is 0 Å². The molecule has 24 heavy (non-hydrogen) atoms. The molecular formula is C20H21N3S. The van der Waals surface area contributed by atoms with Gasteiger partial charge in [0.15, 0.2) is 0 Å². The van der Waals surface area contributed by atoms with Crippen molar-refractivity contribution in [3.05, 3.63) is 59.2 Å². The molecule has 2 aromatic carbocycles. The molecule has 4 aromatic rings. The van der Waals surface area contributed by atoms with E-state index in [1.165, 1.54) is 20.7 Å². The van der Waals surface area contributed by atoms with Gasteiger partial charge in [-0.25, -0.2) is 4.98 Å². The van der Waals surface area contributed by atoms with Crippen molar-refractivity contribution in [2.45, 2.75) is 39.2 Å². The molecule has 2 aromatic heterocycles. The number of hydrogen-bond donors (Lipinski definition) is 0. The first-order valence-electron chi connectivity index (χ1n) is 8.43. The van der Waals surface area contributed by atoms with Gasteiger partial charge in [-0.1, -0.05) is 38.1 Å². The lowest BCUT2D eigenvalue weighted by Gasteiger charge is -2.12. The Balaban J connectivity index is 1.60. The molecule has 0 spiro atoms. The minimum absolute atomic E-state index is 0.318. The summed E-state index contributed by atoms with van der Waals surface area (Å²) in [6, 6.07) is 15.3. The summed E-state index contributed by atoms with van der Waals surface area (Å²) in [5.74, 6) is 0.487. The van der Waals surface area contributed by atoms with Gasteiger partial charge in [-0.2, -0.15) is 5.10 Å². The van der Waals surface area contributed by atoms with Crippen LogP contribution in [0.2, 0.25) is 0 Å². The second kappa shape index (κ2) is 6.02. The van der Waals surface area contributed by atoms with Crippen LogP contribution in [0.25, 0.3) is 21.1 Å². The molecule has 0 fully saturated rings. The van der Waals surface area contributed by atoms with Gasteiger partial charge in [0.2, 0.25) is 0 Å². The normalized spacial score (nSPS) is 13.2. The number of fused-ring (bicyclic) bond motifs is 2. The summed E-state index contributed by atoms with van der Waals surface area (Å²) in [4.78, 5) is 4.78. The summed E-state index contributed by atoms with van der Waals surface area (Å²) in [5.41, 5.74) is 3.50. The van der Waals surface area contributed by atoms with Crippen molar-refractivity contribution in [2.75, 3.05) is 0 Å². The van der Waals surface area contributed by atoms with E-state index < -0.39 is 0 Å². The van der Waals surface area contributed by atoms with Crippen molar-refractivity contribution < 1.29 is 0 Å².